The number of fused-ring (bicyclic) bond motifs is 6. The fourth-order valence-electron chi connectivity index (χ4n) is 7.39. The summed E-state index contributed by atoms with van der Waals surface area (Å²) < 4.78 is 13.2. The Morgan fingerprint density at radius 3 is 1.70 bits per heavy atom. The third-order valence-electron chi connectivity index (χ3n) is 9.11. The summed E-state index contributed by atoms with van der Waals surface area (Å²) in [6.07, 6.45) is 10.8. The smallest absolute Gasteiger partial charge is 0.340 e. The van der Waals surface area contributed by atoms with E-state index in [2.05, 4.69) is 0 Å². The fourth-order valence-corrected chi connectivity index (χ4v) is 7.39. The molecule has 5 heteroatoms. The van der Waals surface area contributed by atoms with Crippen molar-refractivity contribution in [2.75, 3.05) is 0 Å². The standard InChI is InChI=1S/C32H32O5/c33-25-17-15-23-29(27(25)19-9-3-1-4-10-19)36-30-24(16-18-26(34)28(30)20-11-5-2-6-12-20)32(23)22-14-8-7-13-21(22)31(35)37-32/h7-8,13-20,33-34H,1-6,9-12H2. The van der Waals surface area contributed by atoms with E-state index in [1.807, 2.05) is 36.4 Å². The number of phenols is 2. The van der Waals surface area contributed by atoms with Crippen LogP contribution >= 0.6 is 0 Å². The second kappa shape index (κ2) is 8.54. The zero-order valence-corrected chi connectivity index (χ0v) is 21.0. The zero-order chi connectivity index (χ0) is 25.1. The molecule has 2 N–H and O–H groups in total. The van der Waals surface area contributed by atoms with Gasteiger partial charge in [0.1, 0.15) is 23.0 Å². The van der Waals surface area contributed by atoms with Crippen LogP contribution in [-0.4, -0.2) is 16.2 Å². The Morgan fingerprint density at radius 2 is 1.16 bits per heavy atom. The van der Waals surface area contributed by atoms with E-state index < -0.39 is 5.60 Å². The number of carbonyl (C=O) groups is 1. The Balaban J connectivity index is 1.54. The lowest BCUT2D eigenvalue weighted by atomic mass is 9.73. The van der Waals surface area contributed by atoms with Gasteiger partial charge in [0, 0.05) is 27.8 Å². The third-order valence-corrected chi connectivity index (χ3v) is 9.11. The van der Waals surface area contributed by atoms with Crippen molar-refractivity contribution in [3.05, 3.63) is 81.9 Å². The molecule has 7 rings (SSSR count). The Kier molecular flexibility index (Phi) is 5.24. The molecule has 190 valence electrons. The van der Waals surface area contributed by atoms with Gasteiger partial charge in [0.05, 0.1) is 5.56 Å². The summed E-state index contributed by atoms with van der Waals surface area (Å²) in [4.78, 5) is 13.3. The summed E-state index contributed by atoms with van der Waals surface area (Å²) in [5.41, 5.74) is 3.24. The molecule has 2 heterocycles. The van der Waals surface area contributed by atoms with Gasteiger partial charge >= 0.3 is 5.97 Å². The summed E-state index contributed by atoms with van der Waals surface area (Å²) in [6.45, 7) is 0. The lowest BCUT2D eigenvalue weighted by Gasteiger charge is -2.40. The van der Waals surface area contributed by atoms with E-state index in [0.717, 1.165) is 79.2 Å². The summed E-state index contributed by atoms with van der Waals surface area (Å²) in [7, 11) is 0. The SMILES string of the molecule is O=C1OC2(c3ccccc31)c1ccc(O)c(C3CCCCC3)c1Oc1c2ccc(O)c1C1CCCCC1. The van der Waals surface area contributed by atoms with Crippen LogP contribution in [0, 0.1) is 0 Å². The maximum atomic E-state index is 13.3. The molecule has 0 bridgehead atoms. The van der Waals surface area contributed by atoms with Gasteiger partial charge in [-0.2, -0.15) is 0 Å². The molecule has 1 spiro atoms. The van der Waals surface area contributed by atoms with Crippen LogP contribution in [0.3, 0.4) is 0 Å². The number of ether oxygens (including phenoxy) is 2. The molecule has 0 unspecified atom stereocenters. The second-order valence-electron chi connectivity index (χ2n) is 11.1. The molecule has 0 saturated heterocycles. The highest BCUT2D eigenvalue weighted by Crippen LogP contribution is 2.61. The minimum atomic E-state index is -1.19. The molecule has 2 fully saturated rings. The first-order chi connectivity index (χ1) is 18.1. The predicted octanol–water partition coefficient (Wildman–Crippen LogP) is 7.76. The number of esters is 1. The zero-order valence-electron chi connectivity index (χ0n) is 21.0. The number of carbonyl (C=O) groups excluding carboxylic acids is 1. The molecule has 3 aromatic rings. The minimum Gasteiger partial charge on any atom is -0.508 e. The van der Waals surface area contributed by atoms with Gasteiger partial charge in [-0.25, -0.2) is 4.79 Å². The van der Waals surface area contributed by atoms with Gasteiger partial charge < -0.3 is 19.7 Å². The van der Waals surface area contributed by atoms with Crippen molar-refractivity contribution in [1.29, 1.82) is 0 Å². The van der Waals surface area contributed by atoms with Crippen LogP contribution in [0.15, 0.2) is 48.5 Å². The van der Waals surface area contributed by atoms with Crippen molar-refractivity contribution in [2.24, 2.45) is 0 Å². The minimum absolute atomic E-state index is 0.171. The van der Waals surface area contributed by atoms with Crippen LogP contribution in [0.25, 0.3) is 0 Å². The summed E-state index contributed by atoms with van der Waals surface area (Å²) in [6, 6.07) is 14.7. The summed E-state index contributed by atoms with van der Waals surface area (Å²) in [5.74, 6) is 1.60. The Morgan fingerprint density at radius 1 is 0.649 bits per heavy atom. The maximum absolute atomic E-state index is 13.3. The Labute approximate surface area is 217 Å². The number of hydrogen-bond donors (Lipinski definition) is 2. The van der Waals surface area contributed by atoms with Gasteiger partial charge in [0.15, 0.2) is 5.60 Å². The Bertz CT molecular complexity index is 1320. The normalized spacial score (nSPS) is 20.6. The van der Waals surface area contributed by atoms with Crippen LogP contribution in [0.5, 0.6) is 23.0 Å². The van der Waals surface area contributed by atoms with E-state index in [0.29, 0.717) is 17.1 Å². The van der Waals surface area contributed by atoms with Crippen molar-refractivity contribution in [3.63, 3.8) is 0 Å². The van der Waals surface area contributed by atoms with Gasteiger partial charge in [-0.3, -0.25) is 0 Å². The molecule has 2 aliphatic heterocycles. The predicted molar refractivity (Wildman–Crippen MR) is 140 cm³/mol. The molecule has 2 aliphatic carbocycles. The summed E-state index contributed by atoms with van der Waals surface area (Å²) >= 11 is 0. The first-order valence-electron chi connectivity index (χ1n) is 13.8. The van der Waals surface area contributed by atoms with Crippen LogP contribution < -0.4 is 4.74 Å². The fraction of sp³-hybridized carbons (Fsp3) is 0.406. The molecule has 5 nitrogen and oxygen atoms in total. The van der Waals surface area contributed by atoms with Crippen LogP contribution in [-0.2, 0) is 10.3 Å². The molecule has 0 aromatic heterocycles. The molecule has 2 saturated carbocycles. The van der Waals surface area contributed by atoms with Crippen LogP contribution in [0.2, 0.25) is 0 Å². The molecular weight excluding hydrogens is 464 g/mol. The van der Waals surface area contributed by atoms with Crippen LogP contribution in [0.4, 0.5) is 0 Å². The highest BCUT2D eigenvalue weighted by Gasteiger charge is 2.55. The topological polar surface area (TPSA) is 76.0 Å². The van der Waals surface area contributed by atoms with E-state index in [4.69, 9.17) is 9.47 Å². The maximum Gasteiger partial charge on any atom is 0.340 e. The second-order valence-corrected chi connectivity index (χ2v) is 11.1. The van der Waals surface area contributed by atoms with Gasteiger partial charge in [-0.05, 0) is 67.9 Å². The number of hydrogen-bond acceptors (Lipinski definition) is 5. The molecular formula is C32H32O5. The third kappa shape index (κ3) is 3.25. The van der Waals surface area contributed by atoms with Crippen molar-refractivity contribution in [2.45, 2.75) is 81.6 Å². The average Bonchev–Trinajstić information content (AvgIpc) is 3.22. The van der Waals surface area contributed by atoms with E-state index in [1.54, 1.807) is 12.1 Å². The van der Waals surface area contributed by atoms with E-state index in [1.165, 1.54) is 12.8 Å². The first kappa shape index (κ1) is 22.7. The summed E-state index contributed by atoms with van der Waals surface area (Å²) in [5, 5.41) is 22.4. The highest BCUT2D eigenvalue weighted by molar-refractivity contribution is 5.97. The van der Waals surface area contributed by atoms with Gasteiger partial charge in [0.2, 0.25) is 0 Å². The average molecular weight is 497 g/mol. The Hall–Kier alpha value is -3.47. The van der Waals surface area contributed by atoms with E-state index in [9.17, 15) is 15.0 Å². The lowest BCUT2D eigenvalue weighted by Crippen LogP contribution is -2.34. The molecule has 0 amide bonds. The van der Waals surface area contributed by atoms with Crippen molar-refractivity contribution < 1.29 is 24.5 Å². The molecule has 3 aromatic carbocycles. The number of benzene rings is 3. The first-order valence-corrected chi connectivity index (χ1v) is 13.8. The number of phenolic OH excluding ortho intramolecular Hbond substituents is 2. The van der Waals surface area contributed by atoms with Gasteiger partial charge in [-0.15, -0.1) is 0 Å². The molecule has 0 radical (unpaired) electrons. The number of aromatic hydroxyl groups is 2. The van der Waals surface area contributed by atoms with Crippen molar-refractivity contribution in [1.82, 2.24) is 0 Å². The lowest BCUT2D eigenvalue weighted by molar-refractivity contribution is 0.0222. The van der Waals surface area contributed by atoms with E-state index in [-0.39, 0.29) is 29.3 Å². The monoisotopic (exact) mass is 496 g/mol. The molecule has 4 aliphatic rings. The van der Waals surface area contributed by atoms with Crippen molar-refractivity contribution in [3.8, 4) is 23.0 Å². The largest absolute Gasteiger partial charge is 0.508 e. The number of rotatable bonds is 2. The highest BCUT2D eigenvalue weighted by atomic mass is 16.6. The van der Waals surface area contributed by atoms with Crippen molar-refractivity contribution >= 4 is 5.97 Å². The van der Waals surface area contributed by atoms with Gasteiger partial charge in [-0.1, -0.05) is 56.7 Å². The molecule has 0 atom stereocenters. The van der Waals surface area contributed by atoms with Crippen LogP contribution in [0.1, 0.15) is 114 Å². The van der Waals surface area contributed by atoms with E-state index >= 15 is 0 Å². The molecule has 37 heavy (non-hydrogen) atoms. The quantitative estimate of drug-likeness (QED) is 0.355. The van der Waals surface area contributed by atoms with Gasteiger partial charge in [0.25, 0.3) is 0 Å².